The number of benzene rings is 1. The summed E-state index contributed by atoms with van der Waals surface area (Å²) in [5, 5.41) is 3.07. The standard InChI is InChI=1S/C18H27NO3/c1-4-10-21-16-9-8-15(12-17(16)22-11-5-2)18(20)19-13(3)14-6-7-14/h8-9,12-14H,4-7,10-11H2,1-3H3,(H,19,20). The Bertz CT molecular complexity index is 497. The Labute approximate surface area is 133 Å². The molecular weight excluding hydrogens is 278 g/mol. The number of hydrogen-bond acceptors (Lipinski definition) is 3. The Kier molecular flexibility index (Phi) is 6.10. The van der Waals surface area contributed by atoms with E-state index < -0.39 is 0 Å². The van der Waals surface area contributed by atoms with Crippen LogP contribution in [0.5, 0.6) is 11.5 Å². The van der Waals surface area contributed by atoms with E-state index in [1.807, 2.05) is 6.07 Å². The maximum absolute atomic E-state index is 12.3. The Hall–Kier alpha value is -1.71. The minimum atomic E-state index is -0.0391. The van der Waals surface area contributed by atoms with Gasteiger partial charge in [0.25, 0.3) is 5.91 Å². The average Bonchev–Trinajstić information content (AvgIpc) is 3.36. The highest BCUT2D eigenvalue weighted by Crippen LogP contribution is 2.33. The number of amides is 1. The third kappa shape index (κ3) is 4.65. The number of carbonyl (C=O) groups excluding carboxylic acids is 1. The first-order chi connectivity index (χ1) is 10.7. The zero-order valence-corrected chi connectivity index (χ0v) is 13.9. The summed E-state index contributed by atoms with van der Waals surface area (Å²) in [6.07, 6.45) is 4.29. The zero-order chi connectivity index (χ0) is 15.9. The minimum absolute atomic E-state index is 0.0391. The molecule has 1 N–H and O–H groups in total. The van der Waals surface area contributed by atoms with Crippen LogP contribution >= 0.6 is 0 Å². The van der Waals surface area contributed by atoms with Crippen molar-refractivity contribution in [1.29, 1.82) is 0 Å². The van der Waals surface area contributed by atoms with Gasteiger partial charge in [0, 0.05) is 11.6 Å². The van der Waals surface area contributed by atoms with Gasteiger partial charge in [0.1, 0.15) is 0 Å². The first-order valence-corrected chi connectivity index (χ1v) is 8.36. The molecule has 1 amide bonds. The Morgan fingerprint density at radius 3 is 2.41 bits per heavy atom. The van der Waals surface area contributed by atoms with Gasteiger partial charge in [-0.3, -0.25) is 4.79 Å². The van der Waals surface area contributed by atoms with Crippen molar-refractivity contribution in [3.8, 4) is 11.5 Å². The van der Waals surface area contributed by atoms with Gasteiger partial charge in [-0.25, -0.2) is 0 Å². The molecule has 0 aliphatic heterocycles. The van der Waals surface area contributed by atoms with Crippen LogP contribution in [0.3, 0.4) is 0 Å². The molecular formula is C18H27NO3. The lowest BCUT2D eigenvalue weighted by Gasteiger charge is -2.15. The van der Waals surface area contributed by atoms with Crippen molar-refractivity contribution in [1.82, 2.24) is 5.32 Å². The molecule has 0 bridgehead atoms. The normalized spacial score (nSPS) is 15.2. The van der Waals surface area contributed by atoms with Gasteiger partial charge < -0.3 is 14.8 Å². The van der Waals surface area contributed by atoms with E-state index in [9.17, 15) is 4.79 Å². The van der Waals surface area contributed by atoms with Crippen molar-refractivity contribution in [3.05, 3.63) is 23.8 Å². The van der Waals surface area contributed by atoms with Gasteiger partial charge in [-0.05, 0) is 56.7 Å². The van der Waals surface area contributed by atoms with Gasteiger partial charge in [0.05, 0.1) is 13.2 Å². The number of rotatable bonds is 9. The largest absolute Gasteiger partial charge is 0.490 e. The average molecular weight is 305 g/mol. The molecule has 1 aromatic rings. The molecule has 0 heterocycles. The lowest BCUT2D eigenvalue weighted by atomic mass is 10.1. The second-order valence-electron chi connectivity index (χ2n) is 5.96. The van der Waals surface area contributed by atoms with Crippen LogP contribution in [0.2, 0.25) is 0 Å². The summed E-state index contributed by atoms with van der Waals surface area (Å²) in [6, 6.07) is 5.66. The molecule has 0 radical (unpaired) electrons. The number of hydrogen-bond donors (Lipinski definition) is 1. The first-order valence-electron chi connectivity index (χ1n) is 8.36. The van der Waals surface area contributed by atoms with E-state index in [2.05, 4.69) is 26.1 Å². The number of nitrogens with one attached hydrogen (secondary N) is 1. The monoisotopic (exact) mass is 305 g/mol. The summed E-state index contributed by atoms with van der Waals surface area (Å²) >= 11 is 0. The molecule has 0 spiro atoms. The molecule has 1 aromatic carbocycles. The predicted molar refractivity (Wildman–Crippen MR) is 87.7 cm³/mol. The number of carbonyl (C=O) groups is 1. The van der Waals surface area contributed by atoms with Crippen molar-refractivity contribution < 1.29 is 14.3 Å². The van der Waals surface area contributed by atoms with Crippen LogP contribution in [-0.4, -0.2) is 25.2 Å². The van der Waals surface area contributed by atoms with Crippen molar-refractivity contribution in [2.75, 3.05) is 13.2 Å². The van der Waals surface area contributed by atoms with Gasteiger partial charge >= 0.3 is 0 Å². The van der Waals surface area contributed by atoms with Crippen LogP contribution < -0.4 is 14.8 Å². The van der Waals surface area contributed by atoms with Gasteiger partial charge in [0.15, 0.2) is 11.5 Å². The first kappa shape index (κ1) is 16.7. The third-order valence-electron chi connectivity index (χ3n) is 3.82. The van der Waals surface area contributed by atoms with Crippen molar-refractivity contribution in [2.24, 2.45) is 5.92 Å². The maximum Gasteiger partial charge on any atom is 0.251 e. The molecule has 0 saturated heterocycles. The van der Waals surface area contributed by atoms with Crippen LogP contribution in [0.1, 0.15) is 56.8 Å². The van der Waals surface area contributed by atoms with Crippen LogP contribution in [0.25, 0.3) is 0 Å². The summed E-state index contributed by atoms with van der Waals surface area (Å²) in [4.78, 5) is 12.3. The fourth-order valence-corrected chi connectivity index (χ4v) is 2.31. The highest BCUT2D eigenvalue weighted by Gasteiger charge is 2.29. The van der Waals surface area contributed by atoms with Crippen molar-refractivity contribution >= 4 is 5.91 Å². The highest BCUT2D eigenvalue weighted by molar-refractivity contribution is 5.95. The molecule has 2 rings (SSSR count). The molecule has 1 aliphatic rings. The third-order valence-corrected chi connectivity index (χ3v) is 3.82. The fourth-order valence-electron chi connectivity index (χ4n) is 2.31. The Balaban J connectivity index is 2.07. The van der Waals surface area contributed by atoms with Crippen LogP contribution in [0, 0.1) is 5.92 Å². The van der Waals surface area contributed by atoms with Crippen molar-refractivity contribution in [2.45, 2.75) is 52.5 Å². The minimum Gasteiger partial charge on any atom is -0.490 e. The van der Waals surface area contributed by atoms with Crippen LogP contribution in [-0.2, 0) is 0 Å². The van der Waals surface area contributed by atoms with Crippen LogP contribution in [0.4, 0.5) is 0 Å². The van der Waals surface area contributed by atoms with Gasteiger partial charge in [-0.1, -0.05) is 13.8 Å². The molecule has 1 atom stereocenters. The van der Waals surface area contributed by atoms with Gasteiger partial charge in [-0.15, -0.1) is 0 Å². The molecule has 1 fully saturated rings. The molecule has 0 aromatic heterocycles. The fraction of sp³-hybridized carbons (Fsp3) is 0.611. The lowest BCUT2D eigenvalue weighted by Crippen LogP contribution is -2.33. The molecule has 1 unspecified atom stereocenters. The zero-order valence-electron chi connectivity index (χ0n) is 13.9. The maximum atomic E-state index is 12.3. The van der Waals surface area contributed by atoms with E-state index in [0.29, 0.717) is 36.2 Å². The highest BCUT2D eigenvalue weighted by atomic mass is 16.5. The van der Waals surface area contributed by atoms with E-state index in [0.717, 1.165) is 12.8 Å². The second-order valence-corrected chi connectivity index (χ2v) is 5.96. The topological polar surface area (TPSA) is 47.6 Å². The smallest absolute Gasteiger partial charge is 0.251 e. The van der Waals surface area contributed by atoms with E-state index in [-0.39, 0.29) is 11.9 Å². The summed E-state index contributed by atoms with van der Waals surface area (Å²) in [5.41, 5.74) is 0.627. The van der Waals surface area contributed by atoms with Gasteiger partial charge in [-0.2, -0.15) is 0 Å². The molecule has 22 heavy (non-hydrogen) atoms. The quantitative estimate of drug-likeness (QED) is 0.755. The van der Waals surface area contributed by atoms with Crippen LogP contribution in [0.15, 0.2) is 18.2 Å². The Morgan fingerprint density at radius 1 is 1.18 bits per heavy atom. The second kappa shape index (κ2) is 8.06. The van der Waals surface area contributed by atoms with Crippen molar-refractivity contribution in [3.63, 3.8) is 0 Å². The van der Waals surface area contributed by atoms with E-state index in [1.54, 1.807) is 12.1 Å². The van der Waals surface area contributed by atoms with Gasteiger partial charge in [0.2, 0.25) is 0 Å². The summed E-state index contributed by atoms with van der Waals surface area (Å²) in [7, 11) is 0. The van der Waals surface area contributed by atoms with E-state index in [1.165, 1.54) is 12.8 Å². The SMILES string of the molecule is CCCOc1ccc(C(=O)NC(C)C2CC2)cc1OCCC. The molecule has 4 heteroatoms. The molecule has 1 saturated carbocycles. The predicted octanol–water partition coefficient (Wildman–Crippen LogP) is 3.79. The molecule has 4 nitrogen and oxygen atoms in total. The summed E-state index contributed by atoms with van der Waals surface area (Å²) in [6.45, 7) is 7.45. The molecule has 122 valence electrons. The number of ether oxygens (including phenoxy) is 2. The lowest BCUT2D eigenvalue weighted by molar-refractivity contribution is 0.0935. The summed E-state index contributed by atoms with van der Waals surface area (Å²) in [5.74, 6) is 1.97. The Morgan fingerprint density at radius 2 is 1.82 bits per heavy atom. The molecule has 1 aliphatic carbocycles. The van der Waals surface area contributed by atoms with E-state index in [4.69, 9.17) is 9.47 Å². The summed E-state index contributed by atoms with van der Waals surface area (Å²) < 4.78 is 11.4. The van der Waals surface area contributed by atoms with E-state index >= 15 is 0 Å².